The molecule has 0 aromatic heterocycles. The van der Waals surface area contributed by atoms with Crippen LogP contribution in [-0.2, 0) is 9.31 Å². The first-order valence-corrected chi connectivity index (χ1v) is 8.85. The van der Waals surface area contributed by atoms with E-state index in [1.807, 2.05) is 55.4 Å². The molecule has 0 aliphatic carbocycles. The molecule has 1 fully saturated rings. The van der Waals surface area contributed by atoms with Gasteiger partial charge in [0.25, 0.3) is 5.91 Å². The molecule has 2 rings (SSSR count). The Morgan fingerprint density at radius 1 is 1.04 bits per heavy atom. The lowest BCUT2D eigenvalue weighted by atomic mass is 9.75. The summed E-state index contributed by atoms with van der Waals surface area (Å²) in [4.78, 5) is 14.9. The van der Waals surface area contributed by atoms with E-state index in [4.69, 9.17) is 9.31 Å². The van der Waals surface area contributed by atoms with E-state index < -0.39 is 24.1 Å². The summed E-state index contributed by atoms with van der Waals surface area (Å²) in [5, 5.41) is 0. The summed E-state index contributed by atoms with van der Waals surface area (Å²) < 4.78 is 26.0. The first-order valence-electron chi connectivity index (χ1n) is 8.85. The minimum atomic E-state index is -0.703. The SMILES string of the molecule is CC(C)N(C(=O)c1cc(F)ccc1B1OC(C)(C)C(C)(C)O1)C(C)C. The van der Waals surface area contributed by atoms with E-state index in [0.29, 0.717) is 11.0 Å². The first kappa shape index (κ1) is 19.9. The van der Waals surface area contributed by atoms with Crippen molar-refractivity contribution in [3.63, 3.8) is 0 Å². The van der Waals surface area contributed by atoms with Crippen LogP contribution in [0.4, 0.5) is 4.39 Å². The number of amides is 1. The van der Waals surface area contributed by atoms with Gasteiger partial charge in [-0.1, -0.05) is 6.07 Å². The molecule has 0 unspecified atom stereocenters. The molecule has 1 aliphatic heterocycles. The molecule has 1 aliphatic rings. The van der Waals surface area contributed by atoms with E-state index in [2.05, 4.69) is 0 Å². The Bertz CT molecular complexity index is 634. The van der Waals surface area contributed by atoms with Crippen LogP contribution in [0.15, 0.2) is 18.2 Å². The molecule has 1 heterocycles. The molecule has 1 amide bonds. The topological polar surface area (TPSA) is 38.8 Å². The maximum atomic E-state index is 13.9. The zero-order valence-corrected chi connectivity index (χ0v) is 16.5. The highest BCUT2D eigenvalue weighted by Gasteiger charge is 2.52. The highest BCUT2D eigenvalue weighted by Crippen LogP contribution is 2.36. The second-order valence-corrected chi connectivity index (χ2v) is 8.22. The van der Waals surface area contributed by atoms with Crippen molar-refractivity contribution in [2.75, 3.05) is 0 Å². The van der Waals surface area contributed by atoms with Crippen molar-refractivity contribution in [3.05, 3.63) is 29.6 Å². The predicted octanol–water partition coefficient (Wildman–Crippen LogP) is 3.38. The lowest BCUT2D eigenvalue weighted by Crippen LogP contribution is -2.46. The molecule has 1 aromatic carbocycles. The Hall–Kier alpha value is -1.40. The lowest BCUT2D eigenvalue weighted by Gasteiger charge is -2.32. The van der Waals surface area contributed by atoms with Crippen LogP contribution in [0.5, 0.6) is 0 Å². The Kier molecular flexibility index (Phi) is 5.36. The van der Waals surface area contributed by atoms with Crippen molar-refractivity contribution < 1.29 is 18.5 Å². The van der Waals surface area contributed by atoms with Gasteiger partial charge in [0.2, 0.25) is 0 Å². The molecule has 25 heavy (non-hydrogen) atoms. The first-order chi connectivity index (χ1) is 11.4. The van der Waals surface area contributed by atoms with Crippen LogP contribution in [0, 0.1) is 5.82 Å². The second kappa shape index (κ2) is 6.73. The van der Waals surface area contributed by atoms with Crippen molar-refractivity contribution >= 4 is 18.5 Å². The summed E-state index contributed by atoms with van der Waals surface area (Å²) in [6.45, 7) is 15.6. The number of benzene rings is 1. The highest BCUT2D eigenvalue weighted by molar-refractivity contribution is 6.63. The van der Waals surface area contributed by atoms with Crippen LogP contribution in [0.3, 0.4) is 0 Å². The molecule has 0 radical (unpaired) electrons. The Morgan fingerprint density at radius 2 is 1.52 bits per heavy atom. The molecule has 1 saturated heterocycles. The molecule has 0 bridgehead atoms. The van der Waals surface area contributed by atoms with E-state index in [1.165, 1.54) is 12.1 Å². The third-order valence-corrected chi connectivity index (χ3v) is 5.10. The highest BCUT2D eigenvalue weighted by atomic mass is 19.1. The van der Waals surface area contributed by atoms with Crippen molar-refractivity contribution in [2.45, 2.75) is 78.7 Å². The van der Waals surface area contributed by atoms with Crippen LogP contribution in [0.25, 0.3) is 0 Å². The minimum absolute atomic E-state index is 0.00177. The van der Waals surface area contributed by atoms with Crippen LogP contribution in [-0.4, -0.2) is 41.2 Å². The van der Waals surface area contributed by atoms with Crippen molar-refractivity contribution in [1.82, 2.24) is 4.90 Å². The summed E-state index contributed by atoms with van der Waals surface area (Å²) in [6, 6.07) is 4.21. The van der Waals surface area contributed by atoms with Gasteiger partial charge in [0.05, 0.1) is 11.2 Å². The molecule has 0 spiro atoms. The number of rotatable bonds is 4. The van der Waals surface area contributed by atoms with E-state index in [-0.39, 0.29) is 18.0 Å². The number of hydrogen-bond acceptors (Lipinski definition) is 3. The van der Waals surface area contributed by atoms with Gasteiger partial charge in [-0.25, -0.2) is 4.39 Å². The molecule has 6 heteroatoms. The van der Waals surface area contributed by atoms with E-state index in [0.717, 1.165) is 0 Å². The maximum absolute atomic E-state index is 13.9. The van der Waals surface area contributed by atoms with Crippen LogP contribution in [0.2, 0.25) is 0 Å². The fourth-order valence-electron chi connectivity index (χ4n) is 3.09. The quantitative estimate of drug-likeness (QED) is 0.783. The van der Waals surface area contributed by atoms with Gasteiger partial charge in [-0.3, -0.25) is 4.79 Å². The molecule has 0 saturated carbocycles. The van der Waals surface area contributed by atoms with Crippen LogP contribution >= 0.6 is 0 Å². The molecule has 138 valence electrons. The van der Waals surface area contributed by atoms with Crippen molar-refractivity contribution in [1.29, 1.82) is 0 Å². The molecular weight excluding hydrogens is 320 g/mol. The molecular formula is C19H29BFNO3. The smallest absolute Gasteiger partial charge is 0.399 e. The maximum Gasteiger partial charge on any atom is 0.495 e. The number of nitrogens with zero attached hydrogens (tertiary/aromatic N) is 1. The van der Waals surface area contributed by atoms with Gasteiger partial charge in [0.15, 0.2) is 0 Å². The number of halogens is 1. The summed E-state index contributed by atoms with van der Waals surface area (Å²) >= 11 is 0. The molecule has 1 aromatic rings. The average molecular weight is 349 g/mol. The summed E-state index contributed by atoms with van der Waals surface area (Å²) in [5.74, 6) is -0.662. The third-order valence-electron chi connectivity index (χ3n) is 5.10. The second-order valence-electron chi connectivity index (χ2n) is 8.22. The Morgan fingerprint density at radius 3 is 1.96 bits per heavy atom. The number of carbonyl (C=O) groups excluding carboxylic acids is 1. The number of carbonyl (C=O) groups is 1. The normalized spacial score (nSPS) is 18.9. The van der Waals surface area contributed by atoms with Gasteiger partial charge in [0.1, 0.15) is 5.82 Å². The molecule has 4 nitrogen and oxygen atoms in total. The number of hydrogen-bond donors (Lipinski definition) is 0. The van der Waals surface area contributed by atoms with E-state index >= 15 is 0 Å². The Labute approximate surface area is 150 Å². The van der Waals surface area contributed by atoms with Gasteiger partial charge in [-0.05, 0) is 73.0 Å². The monoisotopic (exact) mass is 349 g/mol. The van der Waals surface area contributed by atoms with Gasteiger partial charge in [-0.15, -0.1) is 0 Å². The average Bonchev–Trinajstić information content (AvgIpc) is 2.66. The van der Waals surface area contributed by atoms with Crippen LogP contribution < -0.4 is 5.46 Å². The summed E-state index contributed by atoms with van der Waals surface area (Å²) in [6.07, 6.45) is 0. The van der Waals surface area contributed by atoms with Crippen molar-refractivity contribution in [2.24, 2.45) is 0 Å². The standard InChI is InChI=1S/C19H29BFNO3/c1-12(2)22(13(3)4)17(23)15-11-14(21)9-10-16(15)20-24-18(5,6)19(7,8)25-20/h9-13H,1-8H3. The van der Waals surface area contributed by atoms with E-state index in [9.17, 15) is 9.18 Å². The predicted molar refractivity (Wildman–Crippen MR) is 98.6 cm³/mol. The Balaban J connectivity index is 2.47. The lowest BCUT2D eigenvalue weighted by molar-refractivity contribution is 0.00578. The zero-order valence-electron chi connectivity index (χ0n) is 16.5. The largest absolute Gasteiger partial charge is 0.495 e. The van der Waals surface area contributed by atoms with Crippen molar-refractivity contribution in [3.8, 4) is 0 Å². The van der Waals surface area contributed by atoms with Crippen LogP contribution in [0.1, 0.15) is 65.7 Å². The van der Waals surface area contributed by atoms with E-state index in [1.54, 1.807) is 11.0 Å². The third kappa shape index (κ3) is 3.75. The van der Waals surface area contributed by atoms with Gasteiger partial charge in [0, 0.05) is 17.6 Å². The van der Waals surface area contributed by atoms with Gasteiger partial charge < -0.3 is 14.2 Å². The molecule has 0 N–H and O–H groups in total. The summed E-state index contributed by atoms with van der Waals surface area (Å²) in [5.41, 5.74) is -0.193. The zero-order chi connectivity index (χ0) is 19.2. The van der Waals surface area contributed by atoms with Gasteiger partial charge >= 0.3 is 7.12 Å². The fraction of sp³-hybridized carbons (Fsp3) is 0.632. The molecule has 0 atom stereocenters. The van der Waals surface area contributed by atoms with Gasteiger partial charge in [-0.2, -0.15) is 0 Å². The minimum Gasteiger partial charge on any atom is -0.399 e. The summed E-state index contributed by atoms with van der Waals surface area (Å²) in [7, 11) is -0.703. The fourth-order valence-corrected chi connectivity index (χ4v) is 3.09.